The molecule has 10 heavy (non-hydrogen) atoms. The molecule has 1 atom stereocenters. The van der Waals surface area contributed by atoms with Gasteiger partial charge in [-0.1, -0.05) is 31.5 Å². The van der Waals surface area contributed by atoms with E-state index in [1.165, 1.54) is 0 Å². The van der Waals surface area contributed by atoms with E-state index in [-0.39, 0.29) is 5.56 Å². The zero-order chi connectivity index (χ0) is 7.98. The third-order valence-corrected chi connectivity index (χ3v) is 1.36. The van der Waals surface area contributed by atoms with Gasteiger partial charge in [-0.2, -0.15) is 0 Å². The quantitative estimate of drug-likeness (QED) is 0.446. The van der Waals surface area contributed by atoms with Crippen molar-refractivity contribution in [2.24, 2.45) is 5.92 Å². The molecule has 0 aromatic heterocycles. The van der Waals surface area contributed by atoms with E-state index < -0.39 is 0 Å². The van der Waals surface area contributed by atoms with E-state index in [0.717, 1.165) is 6.42 Å². The van der Waals surface area contributed by atoms with Gasteiger partial charge in [0.25, 0.3) is 0 Å². The van der Waals surface area contributed by atoms with Crippen LogP contribution in [0.1, 0.15) is 20.3 Å². The summed E-state index contributed by atoms with van der Waals surface area (Å²) in [6.45, 7) is 8.31. The zero-order valence-electron chi connectivity index (χ0n) is 6.64. The molecule has 0 fully saturated rings. The lowest BCUT2D eigenvalue weighted by Crippen LogP contribution is -2.08. The van der Waals surface area contributed by atoms with Crippen LogP contribution in [0.25, 0.3) is 0 Å². The van der Waals surface area contributed by atoms with Crippen molar-refractivity contribution in [1.29, 1.82) is 0 Å². The zero-order valence-corrected chi connectivity index (χ0v) is 7.40. The number of hydrogen-bond acceptors (Lipinski definition) is 1. The highest BCUT2D eigenvalue weighted by molar-refractivity contribution is 6.19. The summed E-state index contributed by atoms with van der Waals surface area (Å²) in [7, 11) is 0. The Bertz CT molecular complexity index is 91.3. The maximum Gasteiger partial charge on any atom is 0.131 e. The van der Waals surface area contributed by atoms with E-state index in [9.17, 15) is 0 Å². The van der Waals surface area contributed by atoms with Crippen LogP contribution in [0.4, 0.5) is 0 Å². The number of rotatable bonds is 5. The third kappa shape index (κ3) is 6.12. The molecule has 0 rings (SSSR count). The van der Waals surface area contributed by atoms with E-state index in [2.05, 4.69) is 20.4 Å². The van der Waals surface area contributed by atoms with Gasteiger partial charge >= 0.3 is 0 Å². The minimum Gasteiger partial charge on any atom is -0.358 e. The lowest BCUT2D eigenvalue weighted by Gasteiger charge is -2.10. The number of alkyl halides is 1. The summed E-state index contributed by atoms with van der Waals surface area (Å²) in [5, 5.41) is 0. The Hall–Kier alpha value is -0.0100. The molecule has 0 aliphatic carbocycles. The van der Waals surface area contributed by atoms with Crippen LogP contribution in [0.3, 0.4) is 0 Å². The average Bonchev–Trinajstić information content (AvgIpc) is 1.82. The summed E-state index contributed by atoms with van der Waals surface area (Å²) < 4.78 is 5.15. The first-order valence-electron chi connectivity index (χ1n) is 3.53. The van der Waals surface area contributed by atoms with Gasteiger partial charge in [-0.15, -0.1) is 6.58 Å². The van der Waals surface area contributed by atoms with Crippen LogP contribution >= 0.6 is 11.6 Å². The molecule has 1 unspecified atom stereocenters. The van der Waals surface area contributed by atoms with Crippen molar-refractivity contribution < 1.29 is 4.74 Å². The minimum atomic E-state index is -0.155. The van der Waals surface area contributed by atoms with Crippen molar-refractivity contribution in [3.63, 3.8) is 0 Å². The second kappa shape index (κ2) is 5.75. The van der Waals surface area contributed by atoms with Gasteiger partial charge in [0, 0.05) is 0 Å². The largest absolute Gasteiger partial charge is 0.358 e. The summed E-state index contributed by atoms with van der Waals surface area (Å²) in [4.78, 5) is 0. The molecule has 0 aliphatic heterocycles. The van der Waals surface area contributed by atoms with Gasteiger partial charge < -0.3 is 4.74 Å². The standard InChI is InChI=1S/C8H15ClO/c1-4-5-10-8(9)6-7(2)3/h4,7-8H,1,5-6H2,2-3H3. The van der Waals surface area contributed by atoms with Crippen LogP contribution in [0.2, 0.25) is 0 Å². The highest BCUT2D eigenvalue weighted by Crippen LogP contribution is 2.11. The van der Waals surface area contributed by atoms with Crippen molar-refractivity contribution in [3.8, 4) is 0 Å². The van der Waals surface area contributed by atoms with Crippen LogP contribution in [0, 0.1) is 5.92 Å². The maximum absolute atomic E-state index is 5.78. The molecule has 0 spiro atoms. The molecular weight excluding hydrogens is 148 g/mol. The molecule has 1 nitrogen and oxygen atoms in total. The normalized spacial score (nSPS) is 13.6. The topological polar surface area (TPSA) is 9.23 Å². The van der Waals surface area contributed by atoms with Gasteiger partial charge in [0.2, 0.25) is 0 Å². The molecule has 0 radical (unpaired) electrons. The smallest absolute Gasteiger partial charge is 0.131 e. The summed E-state index contributed by atoms with van der Waals surface area (Å²) in [5.74, 6) is 0.590. The van der Waals surface area contributed by atoms with Crippen LogP contribution in [0.5, 0.6) is 0 Å². The molecule has 0 aromatic carbocycles. The summed E-state index contributed by atoms with van der Waals surface area (Å²) in [5.41, 5.74) is -0.155. The molecule has 0 aliphatic rings. The molecular formula is C8H15ClO. The lowest BCUT2D eigenvalue weighted by molar-refractivity contribution is 0.117. The Morgan fingerprint density at radius 2 is 2.20 bits per heavy atom. The van der Waals surface area contributed by atoms with Gasteiger partial charge in [0.15, 0.2) is 0 Å². The fraction of sp³-hybridized carbons (Fsp3) is 0.750. The first kappa shape index (κ1) is 9.99. The highest BCUT2D eigenvalue weighted by Gasteiger charge is 2.05. The van der Waals surface area contributed by atoms with Crippen LogP contribution in [-0.4, -0.2) is 12.2 Å². The molecule has 0 N–H and O–H groups in total. The second-order valence-electron chi connectivity index (χ2n) is 2.66. The predicted molar refractivity (Wildman–Crippen MR) is 45.2 cm³/mol. The fourth-order valence-electron chi connectivity index (χ4n) is 0.611. The van der Waals surface area contributed by atoms with E-state index in [0.29, 0.717) is 12.5 Å². The summed E-state index contributed by atoms with van der Waals surface area (Å²) in [6, 6.07) is 0. The highest BCUT2D eigenvalue weighted by atomic mass is 35.5. The lowest BCUT2D eigenvalue weighted by atomic mass is 10.1. The number of halogens is 1. The summed E-state index contributed by atoms with van der Waals surface area (Å²) in [6.07, 6.45) is 2.60. The maximum atomic E-state index is 5.78. The van der Waals surface area contributed by atoms with Gasteiger partial charge in [-0.3, -0.25) is 0 Å². The predicted octanol–water partition coefficient (Wildman–Crippen LogP) is 2.80. The average molecular weight is 163 g/mol. The molecule has 0 bridgehead atoms. The monoisotopic (exact) mass is 162 g/mol. The van der Waals surface area contributed by atoms with Crippen molar-refractivity contribution in [2.45, 2.75) is 25.8 Å². The molecule has 60 valence electrons. The van der Waals surface area contributed by atoms with E-state index >= 15 is 0 Å². The van der Waals surface area contributed by atoms with Gasteiger partial charge in [0.05, 0.1) is 6.61 Å². The van der Waals surface area contributed by atoms with E-state index in [4.69, 9.17) is 16.3 Å². The van der Waals surface area contributed by atoms with Crippen LogP contribution in [0.15, 0.2) is 12.7 Å². The first-order chi connectivity index (χ1) is 4.66. The molecule has 0 amide bonds. The fourth-order valence-corrected chi connectivity index (χ4v) is 1.04. The minimum absolute atomic E-state index is 0.155. The van der Waals surface area contributed by atoms with Crippen molar-refractivity contribution in [3.05, 3.63) is 12.7 Å². The van der Waals surface area contributed by atoms with E-state index in [1.807, 2.05) is 0 Å². The van der Waals surface area contributed by atoms with Gasteiger partial charge in [0.1, 0.15) is 5.56 Å². The van der Waals surface area contributed by atoms with Crippen molar-refractivity contribution >= 4 is 11.6 Å². The first-order valence-corrected chi connectivity index (χ1v) is 3.97. The SMILES string of the molecule is C=CCOC(Cl)CC(C)C. The number of ether oxygens (including phenoxy) is 1. The molecule has 0 aromatic rings. The molecule has 0 heterocycles. The van der Waals surface area contributed by atoms with Gasteiger partial charge in [-0.05, 0) is 12.3 Å². The number of hydrogen-bond donors (Lipinski definition) is 0. The second-order valence-corrected chi connectivity index (χ2v) is 3.15. The Morgan fingerprint density at radius 1 is 1.60 bits per heavy atom. The molecule has 0 saturated carbocycles. The van der Waals surface area contributed by atoms with Crippen molar-refractivity contribution in [2.75, 3.05) is 6.61 Å². The molecule has 2 heteroatoms. The van der Waals surface area contributed by atoms with Gasteiger partial charge in [-0.25, -0.2) is 0 Å². The van der Waals surface area contributed by atoms with E-state index in [1.54, 1.807) is 6.08 Å². The Balaban J connectivity index is 3.24. The Morgan fingerprint density at radius 3 is 2.60 bits per heavy atom. The molecule has 0 saturated heterocycles. The summed E-state index contributed by atoms with van der Waals surface area (Å²) >= 11 is 5.78. The third-order valence-electron chi connectivity index (χ3n) is 1.05. The van der Waals surface area contributed by atoms with Crippen LogP contribution < -0.4 is 0 Å². The van der Waals surface area contributed by atoms with Crippen molar-refractivity contribution in [1.82, 2.24) is 0 Å². The Labute approximate surface area is 68.0 Å². The van der Waals surface area contributed by atoms with Crippen LogP contribution in [-0.2, 0) is 4.74 Å². The Kier molecular flexibility index (Phi) is 5.74.